The van der Waals surface area contributed by atoms with E-state index in [1.165, 1.54) is 0 Å². The molecule has 0 radical (unpaired) electrons. The summed E-state index contributed by atoms with van der Waals surface area (Å²) >= 11 is 0. The van der Waals surface area contributed by atoms with Crippen molar-refractivity contribution in [3.8, 4) is 5.75 Å². The maximum atomic E-state index is 12.9. The van der Waals surface area contributed by atoms with Crippen molar-refractivity contribution in [2.24, 2.45) is 0 Å². The molecule has 1 N–H and O–H groups in total. The monoisotopic (exact) mass is 397 g/mol. The predicted octanol–water partition coefficient (Wildman–Crippen LogP) is 5.03. The summed E-state index contributed by atoms with van der Waals surface area (Å²) in [6, 6.07) is 29.1. The molecule has 3 aromatic carbocycles. The number of carbonyl (C=O) groups excluding carboxylic acids is 1. The van der Waals surface area contributed by atoms with Crippen LogP contribution in [-0.4, -0.2) is 24.2 Å². The molecule has 4 aromatic rings. The fraction of sp³-hybridized carbons (Fsp3) is 0.120. The fourth-order valence-corrected chi connectivity index (χ4v) is 3.22. The maximum absolute atomic E-state index is 12.9. The van der Waals surface area contributed by atoms with Gasteiger partial charge in [0.1, 0.15) is 12.4 Å². The summed E-state index contributed by atoms with van der Waals surface area (Å²) in [4.78, 5) is 18.9. The molecule has 150 valence electrons. The topological polar surface area (TPSA) is 54.5 Å². The zero-order chi connectivity index (χ0) is 20.6. The number of hydrogen-bond acceptors (Lipinski definition) is 3. The zero-order valence-electron chi connectivity index (χ0n) is 16.6. The summed E-state index contributed by atoms with van der Waals surface area (Å²) in [6.07, 6.45) is 1.77. The average Bonchev–Trinajstić information content (AvgIpc) is 2.81. The number of para-hydroxylation sites is 1. The third kappa shape index (κ3) is 4.94. The smallest absolute Gasteiger partial charge is 0.322 e. The zero-order valence-corrected chi connectivity index (χ0v) is 16.6. The Bertz CT molecular complexity index is 1100. The van der Waals surface area contributed by atoms with Crippen molar-refractivity contribution in [1.29, 1.82) is 0 Å². The van der Waals surface area contributed by atoms with Crippen molar-refractivity contribution in [2.75, 3.05) is 18.1 Å². The number of nitrogens with zero attached hydrogens (tertiary/aromatic N) is 2. The van der Waals surface area contributed by atoms with Crippen molar-refractivity contribution < 1.29 is 9.53 Å². The van der Waals surface area contributed by atoms with Crippen molar-refractivity contribution in [1.82, 2.24) is 10.3 Å². The summed E-state index contributed by atoms with van der Waals surface area (Å²) in [6.45, 7) is 1.28. The molecular weight excluding hydrogens is 374 g/mol. The molecule has 0 aliphatic carbocycles. The number of amides is 2. The predicted molar refractivity (Wildman–Crippen MR) is 120 cm³/mol. The minimum Gasteiger partial charge on any atom is -0.492 e. The van der Waals surface area contributed by atoms with E-state index >= 15 is 0 Å². The molecule has 5 nitrogen and oxygen atoms in total. The molecule has 0 spiro atoms. The van der Waals surface area contributed by atoms with E-state index in [4.69, 9.17) is 4.74 Å². The van der Waals surface area contributed by atoms with Gasteiger partial charge in [-0.3, -0.25) is 9.88 Å². The first-order valence-corrected chi connectivity index (χ1v) is 9.91. The highest BCUT2D eigenvalue weighted by Gasteiger charge is 2.15. The van der Waals surface area contributed by atoms with Crippen LogP contribution in [0.5, 0.6) is 5.75 Å². The Morgan fingerprint density at radius 2 is 1.67 bits per heavy atom. The average molecular weight is 397 g/mol. The summed E-state index contributed by atoms with van der Waals surface area (Å²) in [7, 11) is 0. The molecule has 1 heterocycles. The molecular formula is C25H23N3O2. The highest BCUT2D eigenvalue weighted by Crippen LogP contribution is 2.19. The summed E-state index contributed by atoms with van der Waals surface area (Å²) in [5.41, 5.74) is 2.84. The van der Waals surface area contributed by atoms with Crippen LogP contribution in [0.1, 0.15) is 5.56 Å². The number of nitrogens with one attached hydrogen (secondary N) is 1. The molecule has 0 fully saturated rings. The van der Waals surface area contributed by atoms with E-state index in [9.17, 15) is 4.79 Å². The van der Waals surface area contributed by atoms with Gasteiger partial charge in [-0.05, 0) is 42.0 Å². The van der Waals surface area contributed by atoms with Gasteiger partial charge in [0.05, 0.1) is 18.6 Å². The van der Waals surface area contributed by atoms with Crippen molar-refractivity contribution in [3.05, 3.63) is 103 Å². The van der Waals surface area contributed by atoms with E-state index in [2.05, 4.69) is 10.3 Å². The van der Waals surface area contributed by atoms with Crippen LogP contribution in [0.4, 0.5) is 10.5 Å². The van der Waals surface area contributed by atoms with E-state index < -0.39 is 0 Å². The SMILES string of the molecule is O=C(NCCOc1ccc2ncccc2c1)N(Cc1ccccc1)c1ccccc1. The van der Waals surface area contributed by atoms with Crippen LogP contribution in [0, 0.1) is 0 Å². The Morgan fingerprint density at radius 3 is 2.47 bits per heavy atom. The Kier molecular flexibility index (Phi) is 6.20. The van der Waals surface area contributed by atoms with E-state index in [0.29, 0.717) is 19.7 Å². The van der Waals surface area contributed by atoms with Gasteiger partial charge in [-0.25, -0.2) is 4.79 Å². The Balaban J connectivity index is 1.36. The molecule has 1 aromatic heterocycles. The Hall–Kier alpha value is -3.86. The number of carbonyl (C=O) groups is 1. The molecule has 4 rings (SSSR count). The lowest BCUT2D eigenvalue weighted by atomic mass is 10.2. The van der Waals surface area contributed by atoms with Crippen molar-refractivity contribution >= 4 is 22.6 Å². The van der Waals surface area contributed by atoms with E-state index in [-0.39, 0.29) is 6.03 Å². The van der Waals surface area contributed by atoms with Crippen LogP contribution in [0.3, 0.4) is 0 Å². The molecule has 0 saturated carbocycles. The second-order valence-electron chi connectivity index (χ2n) is 6.85. The van der Waals surface area contributed by atoms with Crippen molar-refractivity contribution in [2.45, 2.75) is 6.54 Å². The minimum absolute atomic E-state index is 0.156. The molecule has 30 heavy (non-hydrogen) atoms. The standard InChI is InChI=1S/C25H23N3O2/c29-25(27-16-17-30-23-13-14-24-21(18-23)10-7-15-26-24)28(22-11-5-2-6-12-22)19-20-8-3-1-4-9-20/h1-15,18H,16-17,19H2,(H,27,29). The first-order chi connectivity index (χ1) is 14.8. The Labute approximate surface area is 175 Å². The first-order valence-electron chi connectivity index (χ1n) is 9.91. The number of hydrogen-bond donors (Lipinski definition) is 1. The quantitative estimate of drug-likeness (QED) is 0.445. The minimum atomic E-state index is -0.156. The molecule has 0 aliphatic rings. The second kappa shape index (κ2) is 9.56. The van der Waals surface area contributed by atoms with Gasteiger partial charge in [-0.2, -0.15) is 0 Å². The molecule has 0 aliphatic heterocycles. The fourth-order valence-electron chi connectivity index (χ4n) is 3.22. The van der Waals surface area contributed by atoms with Crippen LogP contribution >= 0.6 is 0 Å². The number of pyridine rings is 1. The first kappa shape index (κ1) is 19.5. The van der Waals surface area contributed by atoms with Gasteiger partial charge in [0.25, 0.3) is 0 Å². The van der Waals surface area contributed by atoms with Crippen molar-refractivity contribution in [3.63, 3.8) is 0 Å². The van der Waals surface area contributed by atoms with Crippen LogP contribution < -0.4 is 15.0 Å². The number of fused-ring (bicyclic) bond motifs is 1. The number of rotatable bonds is 7. The lowest BCUT2D eigenvalue weighted by Crippen LogP contribution is -2.41. The summed E-state index contributed by atoms with van der Waals surface area (Å²) in [5.74, 6) is 0.758. The number of ether oxygens (including phenoxy) is 1. The van der Waals surface area contributed by atoms with E-state index in [0.717, 1.165) is 27.9 Å². The number of aromatic nitrogens is 1. The van der Waals surface area contributed by atoms with E-state index in [1.54, 1.807) is 11.1 Å². The van der Waals surface area contributed by atoms with Gasteiger partial charge in [0, 0.05) is 17.3 Å². The summed E-state index contributed by atoms with van der Waals surface area (Å²) < 4.78 is 5.81. The third-order valence-corrected chi connectivity index (χ3v) is 4.72. The van der Waals surface area contributed by atoms with Gasteiger partial charge in [0.2, 0.25) is 0 Å². The maximum Gasteiger partial charge on any atom is 0.322 e. The number of anilines is 1. The second-order valence-corrected chi connectivity index (χ2v) is 6.85. The lowest BCUT2D eigenvalue weighted by Gasteiger charge is -2.23. The molecule has 0 unspecified atom stereocenters. The third-order valence-electron chi connectivity index (χ3n) is 4.72. The van der Waals surface area contributed by atoms with Crippen LogP contribution in [-0.2, 0) is 6.54 Å². The van der Waals surface area contributed by atoms with Gasteiger partial charge in [0.15, 0.2) is 0 Å². The van der Waals surface area contributed by atoms with Gasteiger partial charge >= 0.3 is 6.03 Å². The van der Waals surface area contributed by atoms with Gasteiger partial charge < -0.3 is 10.1 Å². The lowest BCUT2D eigenvalue weighted by molar-refractivity contribution is 0.241. The largest absolute Gasteiger partial charge is 0.492 e. The van der Waals surface area contributed by atoms with Gasteiger partial charge in [-0.1, -0.05) is 54.6 Å². The number of urea groups is 1. The summed E-state index contributed by atoms with van der Waals surface area (Å²) in [5, 5.41) is 3.98. The molecule has 0 atom stereocenters. The van der Waals surface area contributed by atoms with Crippen LogP contribution in [0.15, 0.2) is 97.2 Å². The van der Waals surface area contributed by atoms with Crippen LogP contribution in [0.2, 0.25) is 0 Å². The molecule has 5 heteroatoms. The number of benzene rings is 3. The van der Waals surface area contributed by atoms with E-state index in [1.807, 2.05) is 91.0 Å². The molecule has 0 saturated heterocycles. The molecule has 0 bridgehead atoms. The highest BCUT2D eigenvalue weighted by molar-refractivity contribution is 5.91. The Morgan fingerprint density at radius 1 is 0.900 bits per heavy atom. The highest BCUT2D eigenvalue weighted by atomic mass is 16.5. The van der Waals surface area contributed by atoms with Gasteiger partial charge in [-0.15, -0.1) is 0 Å². The normalized spacial score (nSPS) is 10.5. The molecule has 2 amide bonds. The van der Waals surface area contributed by atoms with Crippen LogP contribution in [0.25, 0.3) is 10.9 Å².